The summed E-state index contributed by atoms with van der Waals surface area (Å²) in [5, 5.41) is 8.26. The summed E-state index contributed by atoms with van der Waals surface area (Å²) in [6.07, 6.45) is 3.53. The third kappa shape index (κ3) is 1.75. The van der Waals surface area contributed by atoms with Gasteiger partial charge in [-0.05, 0) is 19.1 Å². The van der Waals surface area contributed by atoms with Gasteiger partial charge < -0.3 is 14.8 Å². The van der Waals surface area contributed by atoms with Crippen LogP contribution < -0.4 is 5.32 Å². The topological polar surface area (TPSA) is 66.7 Å². The smallest absolute Gasteiger partial charge is 0.177 e. The van der Waals surface area contributed by atoms with Gasteiger partial charge in [0.2, 0.25) is 0 Å². The average molecular weight is 228 g/mol. The predicted octanol–water partition coefficient (Wildman–Crippen LogP) is 2.72. The molecule has 0 aliphatic rings. The fraction of sp³-hybridized carbons (Fsp3) is 0.167. The number of nitrogens with one attached hydrogen (secondary N) is 2. The molecular formula is C12H12N4O. The first-order valence-electron chi connectivity index (χ1n) is 5.45. The Balaban J connectivity index is 1.90. The van der Waals surface area contributed by atoms with E-state index in [1.54, 1.807) is 12.4 Å². The number of aromatic amines is 1. The van der Waals surface area contributed by atoms with E-state index in [1.165, 1.54) is 0 Å². The summed E-state index contributed by atoms with van der Waals surface area (Å²) in [7, 11) is 0. The van der Waals surface area contributed by atoms with Crippen LogP contribution in [-0.4, -0.2) is 15.1 Å². The number of nitrogens with zero attached hydrogens (tertiary/aromatic N) is 2. The van der Waals surface area contributed by atoms with Crippen LogP contribution >= 0.6 is 0 Å². The molecule has 1 aromatic carbocycles. The zero-order chi connectivity index (χ0) is 11.7. The van der Waals surface area contributed by atoms with Crippen molar-refractivity contribution in [1.82, 2.24) is 15.1 Å². The predicted molar refractivity (Wildman–Crippen MR) is 64.6 cm³/mol. The maximum atomic E-state index is 5.22. The number of H-pyrrole nitrogens is 1. The molecule has 0 spiro atoms. The zero-order valence-electron chi connectivity index (χ0n) is 9.34. The second-order valence-electron chi connectivity index (χ2n) is 3.87. The van der Waals surface area contributed by atoms with Crippen molar-refractivity contribution in [3.8, 4) is 0 Å². The molecule has 1 atom stereocenters. The molecule has 0 amide bonds. The quantitative estimate of drug-likeness (QED) is 0.723. The van der Waals surface area contributed by atoms with Gasteiger partial charge in [0.05, 0.1) is 11.4 Å². The van der Waals surface area contributed by atoms with Crippen molar-refractivity contribution in [3.05, 3.63) is 42.5 Å². The van der Waals surface area contributed by atoms with Crippen LogP contribution in [0.15, 0.2) is 41.2 Å². The van der Waals surface area contributed by atoms with E-state index in [1.807, 2.05) is 31.2 Å². The lowest BCUT2D eigenvalue weighted by molar-refractivity contribution is 0.458. The Bertz CT molecular complexity index is 614. The Morgan fingerprint density at radius 1 is 1.35 bits per heavy atom. The molecule has 3 aromatic rings. The Morgan fingerprint density at radius 3 is 3.06 bits per heavy atom. The lowest BCUT2D eigenvalue weighted by Crippen LogP contribution is -2.08. The van der Waals surface area contributed by atoms with E-state index in [9.17, 15) is 0 Å². The minimum absolute atomic E-state index is 0.0542. The van der Waals surface area contributed by atoms with Crippen molar-refractivity contribution in [2.24, 2.45) is 0 Å². The van der Waals surface area contributed by atoms with Gasteiger partial charge in [0.1, 0.15) is 5.82 Å². The van der Waals surface area contributed by atoms with E-state index < -0.39 is 0 Å². The minimum atomic E-state index is 0.0542. The molecule has 3 rings (SSSR count). The molecule has 0 fully saturated rings. The van der Waals surface area contributed by atoms with Gasteiger partial charge in [-0.3, -0.25) is 0 Å². The molecule has 86 valence electrons. The van der Waals surface area contributed by atoms with E-state index in [0.717, 1.165) is 22.6 Å². The summed E-state index contributed by atoms with van der Waals surface area (Å²) >= 11 is 0. The summed E-state index contributed by atoms with van der Waals surface area (Å²) in [4.78, 5) is 7.27. The Morgan fingerprint density at radius 2 is 2.24 bits per heavy atom. The molecule has 0 aliphatic carbocycles. The molecule has 0 saturated carbocycles. The molecule has 1 unspecified atom stereocenters. The van der Waals surface area contributed by atoms with Crippen LogP contribution in [-0.2, 0) is 0 Å². The summed E-state index contributed by atoms with van der Waals surface area (Å²) in [5.41, 5.74) is 0.779. The number of imidazole rings is 1. The van der Waals surface area contributed by atoms with Gasteiger partial charge in [0, 0.05) is 12.4 Å². The largest absolute Gasteiger partial charge is 0.357 e. The van der Waals surface area contributed by atoms with Crippen LogP contribution in [0.2, 0.25) is 0 Å². The van der Waals surface area contributed by atoms with Crippen LogP contribution in [0.3, 0.4) is 0 Å². The molecule has 17 heavy (non-hydrogen) atoms. The van der Waals surface area contributed by atoms with Gasteiger partial charge in [-0.1, -0.05) is 17.3 Å². The highest BCUT2D eigenvalue weighted by atomic mass is 16.5. The number of fused-ring (bicyclic) bond motifs is 1. The molecular weight excluding hydrogens is 216 g/mol. The number of aromatic nitrogens is 3. The SMILES string of the molecule is CC(Nc1noc2ccccc12)c1ncc[nH]1. The fourth-order valence-electron chi connectivity index (χ4n) is 1.78. The molecule has 2 N–H and O–H groups in total. The maximum absolute atomic E-state index is 5.22. The fourth-order valence-corrected chi connectivity index (χ4v) is 1.78. The standard InChI is InChI=1S/C12H12N4O/c1-8(11-13-6-7-14-11)15-12-9-4-2-3-5-10(9)17-16-12/h2-8H,1H3,(H,13,14)(H,15,16). The van der Waals surface area contributed by atoms with E-state index >= 15 is 0 Å². The van der Waals surface area contributed by atoms with Crippen molar-refractivity contribution >= 4 is 16.8 Å². The van der Waals surface area contributed by atoms with Gasteiger partial charge >= 0.3 is 0 Å². The van der Waals surface area contributed by atoms with Crippen LogP contribution in [0.25, 0.3) is 11.0 Å². The van der Waals surface area contributed by atoms with Crippen molar-refractivity contribution in [2.45, 2.75) is 13.0 Å². The monoisotopic (exact) mass is 228 g/mol. The summed E-state index contributed by atoms with van der Waals surface area (Å²) < 4.78 is 5.22. The first kappa shape index (κ1) is 9.89. The van der Waals surface area contributed by atoms with Crippen molar-refractivity contribution in [3.63, 3.8) is 0 Å². The first-order valence-corrected chi connectivity index (χ1v) is 5.45. The molecule has 2 aromatic heterocycles. The maximum Gasteiger partial charge on any atom is 0.177 e. The number of anilines is 1. The number of hydrogen-bond donors (Lipinski definition) is 2. The lowest BCUT2D eigenvalue weighted by Gasteiger charge is -2.09. The van der Waals surface area contributed by atoms with Crippen LogP contribution in [0.4, 0.5) is 5.82 Å². The van der Waals surface area contributed by atoms with E-state index in [4.69, 9.17) is 4.52 Å². The zero-order valence-corrected chi connectivity index (χ0v) is 9.34. The van der Waals surface area contributed by atoms with Crippen molar-refractivity contribution in [1.29, 1.82) is 0 Å². The van der Waals surface area contributed by atoms with Crippen LogP contribution in [0.1, 0.15) is 18.8 Å². The molecule has 0 aliphatic heterocycles. The number of rotatable bonds is 3. The molecule has 0 bridgehead atoms. The minimum Gasteiger partial charge on any atom is -0.357 e. The third-order valence-electron chi connectivity index (χ3n) is 2.66. The third-order valence-corrected chi connectivity index (χ3v) is 2.66. The average Bonchev–Trinajstić information content (AvgIpc) is 2.98. The Labute approximate surface area is 97.8 Å². The molecule has 5 heteroatoms. The van der Waals surface area contributed by atoms with E-state index in [0.29, 0.717) is 0 Å². The van der Waals surface area contributed by atoms with Gasteiger partial charge in [0.15, 0.2) is 11.4 Å². The lowest BCUT2D eigenvalue weighted by atomic mass is 10.2. The van der Waals surface area contributed by atoms with Crippen molar-refractivity contribution < 1.29 is 4.52 Å². The highest BCUT2D eigenvalue weighted by Crippen LogP contribution is 2.24. The van der Waals surface area contributed by atoms with Gasteiger partial charge in [-0.2, -0.15) is 0 Å². The molecule has 2 heterocycles. The second kappa shape index (κ2) is 3.93. The summed E-state index contributed by atoms with van der Waals surface area (Å²) in [5.74, 6) is 1.61. The second-order valence-corrected chi connectivity index (χ2v) is 3.87. The highest BCUT2D eigenvalue weighted by Gasteiger charge is 2.12. The van der Waals surface area contributed by atoms with Crippen LogP contribution in [0, 0.1) is 0 Å². The molecule has 5 nitrogen and oxygen atoms in total. The van der Waals surface area contributed by atoms with E-state index in [-0.39, 0.29) is 6.04 Å². The van der Waals surface area contributed by atoms with Crippen LogP contribution in [0.5, 0.6) is 0 Å². The van der Waals surface area contributed by atoms with Gasteiger partial charge in [0.25, 0.3) is 0 Å². The number of para-hydroxylation sites is 1. The summed E-state index contributed by atoms with van der Waals surface area (Å²) in [6, 6.07) is 7.81. The van der Waals surface area contributed by atoms with Gasteiger partial charge in [-0.15, -0.1) is 0 Å². The highest BCUT2D eigenvalue weighted by molar-refractivity contribution is 5.87. The van der Waals surface area contributed by atoms with Crippen molar-refractivity contribution in [2.75, 3.05) is 5.32 Å². The normalized spacial score (nSPS) is 12.8. The Hall–Kier alpha value is -2.30. The molecule has 0 saturated heterocycles. The van der Waals surface area contributed by atoms with Gasteiger partial charge in [-0.25, -0.2) is 4.98 Å². The van der Waals surface area contributed by atoms with E-state index in [2.05, 4.69) is 20.4 Å². The first-order chi connectivity index (χ1) is 8.34. The Kier molecular flexibility index (Phi) is 2.29. The number of hydrogen-bond acceptors (Lipinski definition) is 4. The number of benzene rings is 1. The molecule has 0 radical (unpaired) electrons. The summed E-state index contributed by atoms with van der Waals surface area (Å²) in [6.45, 7) is 2.02.